The van der Waals surface area contributed by atoms with Gasteiger partial charge in [-0.1, -0.05) is 42.1 Å². The zero-order chi connectivity index (χ0) is 22.4. The normalized spacial score (nSPS) is 12.0. The summed E-state index contributed by atoms with van der Waals surface area (Å²) in [5.41, 5.74) is 2.07. The monoisotopic (exact) mass is 457 g/mol. The first-order valence-corrected chi connectivity index (χ1v) is 12.1. The van der Waals surface area contributed by atoms with Crippen molar-refractivity contribution < 1.29 is 14.3 Å². The molecule has 1 amide bonds. The molecule has 0 aliphatic heterocycles. The van der Waals surface area contributed by atoms with Crippen LogP contribution >= 0.6 is 23.1 Å². The van der Waals surface area contributed by atoms with E-state index >= 15 is 0 Å². The number of esters is 1. The predicted octanol–water partition coefficient (Wildman–Crippen LogP) is 4.71. The minimum atomic E-state index is -0.346. The van der Waals surface area contributed by atoms with Crippen LogP contribution in [0.3, 0.4) is 0 Å². The Bertz CT molecular complexity index is 1070. The van der Waals surface area contributed by atoms with Gasteiger partial charge in [0, 0.05) is 11.4 Å². The van der Waals surface area contributed by atoms with Crippen LogP contribution in [0.2, 0.25) is 0 Å². The Balaban J connectivity index is 1.64. The molecule has 31 heavy (non-hydrogen) atoms. The molecule has 1 N–H and O–H groups in total. The molecule has 2 heterocycles. The minimum absolute atomic E-state index is 0.0338. The SMILES string of the molecule is CCOC(=O)c1sc2nc(C)nc(SCC(=O)N[C@@H](C)CCc3ccccc3)c2c1C. The lowest BCUT2D eigenvalue weighted by atomic mass is 10.1. The van der Waals surface area contributed by atoms with E-state index in [1.165, 1.54) is 28.7 Å². The van der Waals surface area contributed by atoms with Crippen LogP contribution in [0.15, 0.2) is 35.4 Å². The molecule has 0 bridgehead atoms. The Kier molecular flexibility index (Phi) is 8.03. The van der Waals surface area contributed by atoms with Crippen molar-refractivity contribution in [1.29, 1.82) is 0 Å². The largest absolute Gasteiger partial charge is 0.462 e. The summed E-state index contributed by atoms with van der Waals surface area (Å²) in [6.45, 7) is 7.81. The van der Waals surface area contributed by atoms with Crippen LogP contribution in [0, 0.1) is 13.8 Å². The molecule has 2 aromatic heterocycles. The summed E-state index contributed by atoms with van der Waals surface area (Å²) in [5.74, 6) is 0.490. The van der Waals surface area contributed by atoms with Crippen LogP contribution < -0.4 is 5.32 Å². The molecule has 0 radical (unpaired) electrons. The summed E-state index contributed by atoms with van der Waals surface area (Å²) in [4.78, 5) is 35.0. The summed E-state index contributed by atoms with van der Waals surface area (Å²) in [6, 6.07) is 10.3. The summed E-state index contributed by atoms with van der Waals surface area (Å²) >= 11 is 2.68. The highest BCUT2D eigenvalue weighted by Gasteiger charge is 2.21. The second kappa shape index (κ2) is 10.7. The van der Waals surface area contributed by atoms with Gasteiger partial charge < -0.3 is 10.1 Å². The Morgan fingerprint density at radius 1 is 1.19 bits per heavy atom. The maximum atomic E-state index is 12.5. The molecular formula is C23H27N3O3S2. The van der Waals surface area contributed by atoms with Gasteiger partial charge in [0.25, 0.3) is 0 Å². The first-order chi connectivity index (χ1) is 14.9. The Labute approximate surface area is 190 Å². The molecule has 3 rings (SSSR count). The van der Waals surface area contributed by atoms with E-state index in [0.717, 1.165) is 33.6 Å². The number of nitrogens with zero attached hydrogens (tertiary/aromatic N) is 2. The van der Waals surface area contributed by atoms with E-state index < -0.39 is 0 Å². The molecule has 0 spiro atoms. The van der Waals surface area contributed by atoms with E-state index in [0.29, 0.717) is 17.3 Å². The standard InChI is InChI=1S/C23H27N3O3S2/c1-5-29-23(28)20-15(3)19-21(25-16(4)26-22(19)31-20)30-13-18(27)24-14(2)11-12-17-9-7-6-8-10-17/h6-10,14H,5,11-13H2,1-4H3,(H,24,27)/t14-/m0/s1. The number of rotatable bonds is 9. The smallest absolute Gasteiger partial charge is 0.348 e. The van der Waals surface area contributed by atoms with E-state index in [-0.39, 0.29) is 23.7 Å². The van der Waals surface area contributed by atoms with E-state index in [1.807, 2.05) is 39.0 Å². The Morgan fingerprint density at radius 2 is 1.94 bits per heavy atom. The molecule has 0 aliphatic carbocycles. The number of benzene rings is 1. The number of carbonyl (C=O) groups is 2. The molecule has 164 valence electrons. The van der Waals surface area contributed by atoms with Crippen molar-refractivity contribution in [3.05, 3.63) is 52.2 Å². The predicted molar refractivity (Wildman–Crippen MR) is 126 cm³/mol. The van der Waals surface area contributed by atoms with Gasteiger partial charge in [0.1, 0.15) is 20.6 Å². The van der Waals surface area contributed by atoms with Crippen LogP contribution in [0.4, 0.5) is 0 Å². The lowest BCUT2D eigenvalue weighted by Crippen LogP contribution is -2.34. The molecule has 3 aromatic rings. The fraction of sp³-hybridized carbons (Fsp3) is 0.391. The van der Waals surface area contributed by atoms with Crippen LogP contribution in [-0.2, 0) is 16.0 Å². The number of carbonyl (C=O) groups excluding carboxylic acids is 2. The first-order valence-electron chi connectivity index (χ1n) is 10.3. The average molecular weight is 458 g/mol. The molecular weight excluding hydrogens is 430 g/mol. The zero-order valence-electron chi connectivity index (χ0n) is 18.2. The topological polar surface area (TPSA) is 81.2 Å². The maximum Gasteiger partial charge on any atom is 0.348 e. The van der Waals surface area contributed by atoms with Gasteiger partial charge in [0.05, 0.1) is 12.4 Å². The van der Waals surface area contributed by atoms with E-state index in [9.17, 15) is 9.59 Å². The third-order valence-corrected chi connectivity index (χ3v) is 6.93. The molecule has 0 fully saturated rings. The third-order valence-electron chi connectivity index (χ3n) is 4.79. The number of hydrogen-bond donors (Lipinski definition) is 1. The van der Waals surface area contributed by atoms with Crippen LogP contribution in [0.25, 0.3) is 10.2 Å². The van der Waals surface area contributed by atoms with Crippen LogP contribution in [0.5, 0.6) is 0 Å². The molecule has 1 atom stereocenters. The van der Waals surface area contributed by atoms with Crippen LogP contribution in [-0.4, -0.2) is 40.2 Å². The third kappa shape index (κ3) is 6.04. The molecule has 6 nitrogen and oxygen atoms in total. The van der Waals surface area contributed by atoms with Gasteiger partial charge in [-0.3, -0.25) is 4.79 Å². The van der Waals surface area contributed by atoms with Gasteiger partial charge in [-0.25, -0.2) is 14.8 Å². The van der Waals surface area contributed by atoms with E-state index in [1.54, 1.807) is 6.92 Å². The Morgan fingerprint density at radius 3 is 2.65 bits per heavy atom. The van der Waals surface area contributed by atoms with Crippen molar-refractivity contribution in [2.45, 2.75) is 51.6 Å². The van der Waals surface area contributed by atoms with Crippen molar-refractivity contribution in [2.24, 2.45) is 0 Å². The number of ether oxygens (including phenoxy) is 1. The number of aromatic nitrogens is 2. The lowest BCUT2D eigenvalue weighted by molar-refractivity contribution is -0.119. The number of nitrogens with one attached hydrogen (secondary N) is 1. The number of fused-ring (bicyclic) bond motifs is 1. The van der Waals surface area contributed by atoms with Gasteiger partial charge in [-0.2, -0.15) is 0 Å². The Hall–Kier alpha value is -2.45. The fourth-order valence-electron chi connectivity index (χ4n) is 3.25. The first kappa shape index (κ1) is 23.2. The number of aryl methyl sites for hydroxylation is 3. The number of thiophene rings is 1. The highest BCUT2D eigenvalue weighted by Crippen LogP contribution is 2.36. The van der Waals surface area contributed by atoms with Crippen molar-refractivity contribution in [3.8, 4) is 0 Å². The second-order valence-corrected chi connectivity index (χ2v) is 9.28. The van der Waals surface area contributed by atoms with Crippen molar-refractivity contribution in [2.75, 3.05) is 12.4 Å². The lowest BCUT2D eigenvalue weighted by Gasteiger charge is -2.14. The second-order valence-electron chi connectivity index (χ2n) is 7.31. The summed E-state index contributed by atoms with van der Waals surface area (Å²) < 4.78 is 5.16. The van der Waals surface area contributed by atoms with Crippen LogP contribution in [0.1, 0.15) is 46.9 Å². The van der Waals surface area contributed by atoms with Crippen molar-refractivity contribution >= 4 is 45.2 Å². The number of thioether (sulfide) groups is 1. The van der Waals surface area contributed by atoms with Gasteiger partial charge in [0.2, 0.25) is 5.91 Å². The summed E-state index contributed by atoms with van der Waals surface area (Å²) in [5, 5.41) is 4.61. The highest BCUT2D eigenvalue weighted by atomic mass is 32.2. The molecule has 0 saturated heterocycles. The summed E-state index contributed by atoms with van der Waals surface area (Å²) in [6.07, 6.45) is 1.80. The summed E-state index contributed by atoms with van der Waals surface area (Å²) in [7, 11) is 0. The average Bonchev–Trinajstić information content (AvgIpc) is 3.07. The highest BCUT2D eigenvalue weighted by molar-refractivity contribution is 8.00. The maximum absolute atomic E-state index is 12.5. The van der Waals surface area contributed by atoms with Gasteiger partial charge >= 0.3 is 5.97 Å². The molecule has 8 heteroatoms. The van der Waals surface area contributed by atoms with Crippen molar-refractivity contribution in [3.63, 3.8) is 0 Å². The molecule has 0 saturated carbocycles. The fourth-order valence-corrected chi connectivity index (χ4v) is 5.38. The van der Waals surface area contributed by atoms with Gasteiger partial charge in [0.15, 0.2) is 0 Å². The molecule has 0 unspecified atom stereocenters. The van der Waals surface area contributed by atoms with E-state index in [4.69, 9.17) is 4.74 Å². The number of hydrogen-bond acceptors (Lipinski definition) is 7. The minimum Gasteiger partial charge on any atom is -0.462 e. The number of amides is 1. The van der Waals surface area contributed by atoms with Crippen molar-refractivity contribution in [1.82, 2.24) is 15.3 Å². The van der Waals surface area contributed by atoms with E-state index in [2.05, 4.69) is 27.4 Å². The quantitative estimate of drug-likeness (QED) is 0.285. The van der Waals surface area contributed by atoms with Gasteiger partial charge in [-0.15, -0.1) is 11.3 Å². The molecule has 1 aromatic carbocycles. The zero-order valence-corrected chi connectivity index (χ0v) is 19.9. The molecule has 0 aliphatic rings. The van der Waals surface area contributed by atoms with Gasteiger partial charge in [-0.05, 0) is 51.7 Å².